The number of piperazine rings is 1. The van der Waals surface area contributed by atoms with Gasteiger partial charge in [-0.3, -0.25) is 9.59 Å². The first-order chi connectivity index (χ1) is 15.9. The molecule has 0 atom stereocenters. The van der Waals surface area contributed by atoms with Crippen LogP contribution in [0.3, 0.4) is 0 Å². The minimum atomic E-state index is -0.334. The Bertz CT molecular complexity index is 1100. The van der Waals surface area contributed by atoms with Crippen LogP contribution in [0.4, 0.5) is 4.39 Å². The highest BCUT2D eigenvalue weighted by Gasteiger charge is 2.25. The van der Waals surface area contributed by atoms with Gasteiger partial charge in [0.15, 0.2) is 0 Å². The van der Waals surface area contributed by atoms with E-state index in [9.17, 15) is 14.0 Å². The highest BCUT2D eigenvalue weighted by atomic mass is 19.1. The zero-order valence-electron chi connectivity index (χ0n) is 18.8. The van der Waals surface area contributed by atoms with E-state index < -0.39 is 0 Å². The number of aromatic nitrogens is 2. The van der Waals surface area contributed by atoms with E-state index in [2.05, 4.69) is 24.0 Å². The molecule has 3 aromatic rings. The molecule has 2 amide bonds. The summed E-state index contributed by atoms with van der Waals surface area (Å²) < 4.78 is 18.3. The van der Waals surface area contributed by atoms with Gasteiger partial charge in [0.25, 0.3) is 5.91 Å². The first-order valence-electron chi connectivity index (χ1n) is 11.2. The maximum Gasteiger partial charge on any atom is 0.253 e. The van der Waals surface area contributed by atoms with Crippen LogP contribution in [0.25, 0.3) is 11.4 Å². The second kappa shape index (κ2) is 9.94. The van der Waals surface area contributed by atoms with Gasteiger partial charge in [-0.05, 0) is 47.9 Å². The molecule has 8 heteroatoms. The van der Waals surface area contributed by atoms with Gasteiger partial charge in [-0.1, -0.05) is 31.1 Å². The van der Waals surface area contributed by atoms with Crippen LogP contribution >= 0.6 is 0 Å². The van der Waals surface area contributed by atoms with E-state index in [1.165, 1.54) is 17.7 Å². The summed E-state index contributed by atoms with van der Waals surface area (Å²) >= 11 is 0. The summed E-state index contributed by atoms with van der Waals surface area (Å²) in [7, 11) is 0. The van der Waals surface area contributed by atoms with Crippen molar-refractivity contribution in [1.29, 1.82) is 0 Å². The Balaban J connectivity index is 1.25. The lowest BCUT2D eigenvalue weighted by Gasteiger charge is -2.35. The Labute approximate surface area is 192 Å². The van der Waals surface area contributed by atoms with Crippen molar-refractivity contribution < 1.29 is 18.5 Å². The van der Waals surface area contributed by atoms with E-state index in [1.807, 2.05) is 24.3 Å². The Morgan fingerprint density at radius 1 is 0.970 bits per heavy atom. The van der Waals surface area contributed by atoms with Gasteiger partial charge < -0.3 is 14.3 Å². The summed E-state index contributed by atoms with van der Waals surface area (Å²) in [6, 6.07) is 13.6. The normalized spacial score (nSPS) is 14.1. The third-order valence-corrected chi connectivity index (χ3v) is 5.87. The topological polar surface area (TPSA) is 79.5 Å². The van der Waals surface area contributed by atoms with Gasteiger partial charge in [-0.15, -0.1) is 0 Å². The van der Waals surface area contributed by atoms with Crippen molar-refractivity contribution in [3.63, 3.8) is 0 Å². The zero-order valence-corrected chi connectivity index (χ0v) is 18.8. The molecule has 172 valence electrons. The summed E-state index contributed by atoms with van der Waals surface area (Å²) in [5.41, 5.74) is 2.53. The van der Waals surface area contributed by atoms with Crippen molar-refractivity contribution >= 4 is 11.8 Å². The molecule has 1 aliphatic heterocycles. The van der Waals surface area contributed by atoms with Crippen LogP contribution in [-0.4, -0.2) is 57.9 Å². The number of amides is 2. The van der Waals surface area contributed by atoms with Gasteiger partial charge in [0, 0.05) is 50.1 Å². The zero-order chi connectivity index (χ0) is 23.4. The maximum absolute atomic E-state index is 13.1. The molecule has 0 unspecified atom stereocenters. The summed E-state index contributed by atoms with van der Waals surface area (Å²) in [5.74, 6) is 0.804. The van der Waals surface area contributed by atoms with Crippen molar-refractivity contribution in [3.8, 4) is 11.4 Å². The minimum Gasteiger partial charge on any atom is -0.339 e. The molecule has 7 nitrogen and oxygen atoms in total. The van der Waals surface area contributed by atoms with Gasteiger partial charge in [0.1, 0.15) is 5.82 Å². The third-order valence-electron chi connectivity index (χ3n) is 5.87. The SMILES string of the molecule is CC(C)c1ccc(C(=O)N2CCN(C(=O)CCc3nc(-c4ccc(F)cc4)no3)CC2)cc1. The maximum atomic E-state index is 13.1. The molecule has 1 fully saturated rings. The van der Waals surface area contributed by atoms with Crippen molar-refractivity contribution in [3.05, 3.63) is 71.4 Å². The lowest BCUT2D eigenvalue weighted by Crippen LogP contribution is -2.50. The lowest BCUT2D eigenvalue weighted by molar-refractivity contribution is -0.132. The molecule has 2 heterocycles. The number of benzene rings is 2. The van der Waals surface area contributed by atoms with E-state index in [0.29, 0.717) is 61.4 Å². The van der Waals surface area contributed by atoms with E-state index >= 15 is 0 Å². The highest BCUT2D eigenvalue weighted by molar-refractivity contribution is 5.94. The fourth-order valence-electron chi connectivity index (χ4n) is 3.80. The van der Waals surface area contributed by atoms with Crippen LogP contribution in [0.2, 0.25) is 0 Å². The Kier molecular flexibility index (Phi) is 6.82. The van der Waals surface area contributed by atoms with Crippen molar-refractivity contribution in [2.75, 3.05) is 26.2 Å². The Morgan fingerprint density at radius 3 is 2.24 bits per heavy atom. The van der Waals surface area contributed by atoms with E-state index in [0.717, 1.165) is 0 Å². The number of carbonyl (C=O) groups is 2. The Hall–Kier alpha value is -3.55. The number of halogens is 1. The second-order valence-corrected chi connectivity index (χ2v) is 8.47. The molecule has 0 aliphatic carbocycles. The number of nitrogens with zero attached hydrogens (tertiary/aromatic N) is 4. The van der Waals surface area contributed by atoms with Crippen molar-refractivity contribution in [2.45, 2.75) is 32.6 Å². The molecule has 1 aliphatic rings. The van der Waals surface area contributed by atoms with Crippen LogP contribution in [-0.2, 0) is 11.2 Å². The first-order valence-corrected chi connectivity index (χ1v) is 11.2. The van der Waals surface area contributed by atoms with Gasteiger partial charge in [-0.25, -0.2) is 4.39 Å². The van der Waals surface area contributed by atoms with E-state index in [1.54, 1.807) is 21.9 Å². The molecule has 1 aromatic heterocycles. The second-order valence-electron chi connectivity index (χ2n) is 8.47. The number of rotatable bonds is 6. The van der Waals surface area contributed by atoms with Gasteiger partial charge in [0.05, 0.1) is 0 Å². The van der Waals surface area contributed by atoms with Gasteiger partial charge in [-0.2, -0.15) is 4.98 Å². The van der Waals surface area contributed by atoms with E-state index in [4.69, 9.17) is 4.52 Å². The predicted molar refractivity (Wildman–Crippen MR) is 121 cm³/mol. The van der Waals surface area contributed by atoms with Crippen molar-refractivity contribution in [2.24, 2.45) is 0 Å². The molecule has 0 bridgehead atoms. The molecule has 1 saturated heterocycles. The van der Waals surface area contributed by atoms with Crippen LogP contribution in [0.15, 0.2) is 53.1 Å². The summed E-state index contributed by atoms with van der Waals surface area (Å²) in [6.07, 6.45) is 0.573. The predicted octanol–water partition coefficient (Wildman–Crippen LogP) is 3.92. The van der Waals surface area contributed by atoms with Crippen LogP contribution in [0.5, 0.6) is 0 Å². The van der Waals surface area contributed by atoms with Gasteiger partial charge >= 0.3 is 0 Å². The average molecular weight is 451 g/mol. The summed E-state index contributed by atoms with van der Waals surface area (Å²) in [6.45, 7) is 6.25. The first kappa shape index (κ1) is 22.6. The molecule has 0 spiro atoms. The largest absolute Gasteiger partial charge is 0.339 e. The fraction of sp³-hybridized carbons (Fsp3) is 0.360. The molecule has 33 heavy (non-hydrogen) atoms. The molecule has 2 aromatic carbocycles. The monoisotopic (exact) mass is 450 g/mol. The highest BCUT2D eigenvalue weighted by Crippen LogP contribution is 2.18. The lowest BCUT2D eigenvalue weighted by atomic mass is 10.0. The molecule has 4 rings (SSSR count). The number of hydrogen-bond acceptors (Lipinski definition) is 5. The smallest absolute Gasteiger partial charge is 0.253 e. The number of aryl methyl sites for hydroxylation is 1. The number of hydrogen-bond donors (Lipinski definition) is 0. The van der Waals surface area contributed by atoms with Crippen LogP contribution in [0, 0.1) is 5.82 Å². The molecule has 0 N–H and O–H groups in total. The summed E-state index contributed by atoms with van der Waals surface area (Å²) in [5, 5.41) is 3.90. The standard InChI is InChI=1S/C25H27FN4O3/c1-17(2)18-3-5-20(6-4-18)25(32)30-15-13-29(14-16-30)23(31)12-11-22-27-24(28-33-22)19-7-9-21(26)10-8-19/h3-10,17H,11-16H2,1-2H3. The quantitative estimate of drug-likeness (QED) is 0.569. The molecular formula is C25H27FN4O3. The summed E-state index contributed by atoms with van der Waals surface area (Å²) in [4.78, 5) is 33.3. The molecule has 0 saturated carbocycles. The van der Waals surface area contributed by atoms with Gasteiger partial charge in [0.2, 0.25) is 17.6 Å². The Morgan fingerprint density at radius 2 is 1.61 bits per heavy atom. The molecule has 0 radical (unpaired) electrons. The van der Waals surface area contributed by atoms with Crippen LogP contribution < -0.4 is 0 Å². The minimum absolute atomic E-state index is 0.00316. The van der Waals surface area contributed by atoms with Crippen LogP contribution in [0.1, 0.15) is 48.0 Å². The fourth-order valence-corrected chi connectivity index (χ4v) is 3.80. The molecular weight excluding hydrogens is 423 g/mol. The third kappa shape index (κ3) is 5.45. The van der Waals surface area contributed by atoms with E-state index in [-0.39, 0.29) is 24.1 Å². The van der Waals surface area contributed by atoms with Crippen molar-refractivity contribution in [1.82, 2.24) is 19.9 Å². The number of carbonyl (C=O) groups excluding carboxylic acids is 2. The average Bonchev–Trinajstić information content (AvgIpc) is 3.32.